The first-order chi connectivity index (χ1) is 9.49. The predicted octanol–water partition coefficient (Wildman–Crippen LogP) is 1.21. The van der Waals surface area contributed by atoms with Crippen molar-refractivity contribution in [1.82, 2.24) is 15.2 Å². The van der Waals surface area contributed by atoms with E-state index in [9.17, 15) is 9.90 Å². The lowest BCUT2D eigenvalue weighted by molar-refractivity contribution is 0.0730. The SMILES string of the molecule is O=C(c1cc2c([nH]1)CCC(Cl)(Cl)C2O)N1CCNCC1. The van der Waals surface area contributed by atoms with E-state index in [1.807, 2.05) is 0 Å². The molecule has 0 bridgehead atoms. The van der Waals surface area contributed by atoms with Crippen molar-refractivity contribution >= 4 is 29.1 Å². The van der Waals surface area contributed by atoms with Crippen LogP contribution in [0.4, 0.5) is 0 Å². The lowest BCUT2D eigenvalue weighted by Crippen LogP contribution is -2.46. The van der Waals surface area contributed by atoms with Gasteiger partial charge in [0.05, 0.1) is 0 Å². The first-order valence-electron chi connectivity index (χ1n) is 6.77. The molecule has 1 amide bonds. The molecule has 0 aromatic carbocycles. The summed E-state index contributed by atoms with van der Waals surface area (Å²) in [5.74, 6) is -0.0390. The Kier molecular flexibility index (Phi) is 3.71. The minimum absolute atomic E-state index is 0.0390. The number of fused-ring (bicyclic) bond motifs is 1. The van der Waals surface area contributed by atoms with Crippen molar-refractivity contribution in [3.63, 3.8) is 0 Å². The van der Waals surface area contributed by atoms with Crippen molar-refractivity contribution in [2.75, 3.05) is 26.2 Å². The topological polar surface area (TPSA) is 68.4 Å². The third-order valence-electron chi connectivity index (χ3n) is 3.97. The van der Waals surface area contributed by atoms with Crippen LogP contribution in [0, 0.1) is 0 Å². The highest BCUT2D eigenvalue weighted by molar-refractivity contribution is 6.49. The first kappa shape index (κ1) is 14.2. The minimum atomic E-state index is -1.18. The van der Waals surface area contributed by atoms with Crippen LogP contribution in [0.1, 0.15) is 34.3 Å². The fraction of sp³-hybridized carbons (Fsp3) is 0.615. The number of piperazine rings is 1. The van der Waals surface area contributed by atoms with Crippen molar-refractivity contribution < 1.29 is 9.90 Å². The van der Waals surface area contributed by atoms with Crippen LogP contribution in [0.5, 0.6) is 0 Å². The number of rotatable bonds is 1. The molecule has 1 unspecified atom stereocenters. The highest BCUT2D eigenvalue weighted by Crippen LogP contribution is 2.45. The number of aryl methyl sites for hydroxylation is 1. The summed E-state index contributed by atoms with van der Waals surface area (Å²) in [6.07, 6.45) is 0.135. The summed E-state index contributed by atoms with van der Waals surface area (Å²) < 4.78 is -1.18. The van der Waals surface area contributed by atoms with Gasteiger partial charge in [0.15, 0.2) is 0 Å². The molecular weight excluding hydrogens is 301 g/mol. The van der Waals surface area contributed by atoms with Gasteiger partial charge in [0.25, 0.3) is 5.91 Å². The zero-order valence-corrected chi connectivity index (χ0v) is 12.5. The quantitative estimate of drug-likeness (QED) is 0.682. The number of aliphatic hydroxyl groups is 1. The molecule has 2 aliphatic rings. The number of amides is 1. The number of nitrogens with one attached hydrogen (secondary N) is 2. The number of H-pyrrole nitrogens is 1. The van der Waals surface area contributed by atoms with Crippen molar-refractivity contribution in [1.29, 1.82) is 0 Å². The lowest BCUT2D eigenvalue weighted by atomic mass is 9.94. The Labute approximate surface area is 127 Å². The van der Waals surface area contributed by atoms with E-state index < -0.39 is 10.4 Å². The molecule has 1 fully saturated rings. The number of hydrogen-bond donors (Lipinski definition) is 3. The normalized spacial score (nSPS) is 25.4. The molecule has 0 saturated carbocycles. The maximum Gasteiger partial charge on any atom is 0.270 e. The number of carbonyl (C=O) groups is 1. The van der Waals surface area contributed by atoms with E-state index in [0.29, 0.717) is 37.2 Å². The fourth-order valence-electron chi connectivity index (χ4n) is 2.77. The van der Waals surface area contributed by atoms with Crippen LogP contribution in [0.15, 0.2) is 6.07 Å². The number of aromatic amines is 1. The summed E-state index contributed by atoms with van der Waals surface area (Å²) in [5.41, 5.74) is 2.00. The van der Waals surface area contributed by atoms with Crippen LogP contribution < -0.4 is 5.32 Å². The van der Waals surface area contributed by atoms with Crippen LogP contribution in [-0.2, 0) is 6.42 Å². The third-order valence-corrected chi connectivity index (χ3v) is 4.76. The predicted molar refractivity (Wildman–Crippen MR) is 77.3 cm³/mol. The molecular formula is C13H17Cl2N3O2. The largest absolute Gasteiger partial charge is 0.385 e. The second-order valence-corrected chi connectivity index (χ2v) is 6.87. The molecule has 3 N–H and O–H groups in total. The summed E-state index contributed by atoms with van der Waals surface area (Å²) in [6.45, 7) is 3.00. The third kappa shape index (κ3) is 2.44. The summed E-state index contributed by atoms with van der Waals surface area (Å²) in [5, 5.41) is 13.4. The lowest BCUT2D eigenvalue weighted by Gasteiger charge is -2.30. The minimum Gasteiger partial charge on any atom is -0.385 e. The molecule has 0 spiro atoms. The summed E-state index contributed by atoms with van der Waals surface area (Å²) >= 11 is 12.2. The van der Waals surface area contributed by atoms with Gasteiger partial charge in [-0.25, -0.2) is 0 Å². The summed E-state index contributed by atoms with van der Waals surface area (Å²) in [7, 11) is 0. The number of halogens is 2. The van der Waals surface area contributed by atoms with Crippen LogP contribution >= 0.6 is 23.2 Å². The molecule has 1 aromatic rings. The molecule has 1 aromatic heterocycles. The number of aliphatic hydroxyl groups excluding tert-OH is 1. The molecule has 3 rings (SSSR count). The Balaban J connectivity index is 1.84. The maximum atomic E-state index is 12.4. The van der Waals surface area contributed by atoms with Gasteiger partial charge in [-0.2, -0.15) is 0 Å². The second kappa shape index (κ2) is 5.22. The fourth-order valence-corrected chi connectivity index (χ4v) is 3.20. The molecule has 1 aliphatic heterocycles. The molecule has 7 heteroatoms. The molecule has 0 radical (unpaired) electrons. The van der Waals surface area contributed by atoms with Gasteiger partial charge in [0.2, 0.25) is 0 Å². The van der Waals surface area contributed by atoms with E-state index in [1.54, 1.807) is 11.0 Å². The molecule has 1 aliphatic carbocycles. The molecule has 1 saturated heterocycles. The second-order valence-electron chi connectivity index (χ2n) is 5.32. The van der Waals surface area contributed by atoms with Gasteiger partial charge in [-0.05, 0) is 18.9 Å². The van der Waals surface area contributed by atoms with Crippen LogP contribution in [0.25, 0.3) is 0 Å². The number of nitrogens with zero attached hydrogens (tertiary/aromatic N) is 1. The van der Waals surface area contributed by atoms with E-state index in [-0.39, 0.29) is 5.91 Å². The van der Waals surface area contributed by atoms with Crippen molar-refractivity contribution in [3.05, 3.63) is 23.0 Å². The van der Waals surface area contributed by atoms with E-state index in [4.69, 9.17) is 23.2 Å². The van der Waals surface area contributed by atoms with Gasteiger partial charge in [-0.15, -0.1) is 0 Å². The van der Waals surface area contributed by atoms with Gasteiger partial charge >= 0.3 is 0 Å². The van der Waals surface area contributed by atoms with Crippen molar-refractivity contribution in [2.45, 2.75) is 23.3 Å². The number of carbonyl (C=O) groups excluding carboxylic acids is 1. The van der Waals surface area contributed by atoms with Gasteiger partial charge in [-0.3, -0.25) is 4.79 Å². The van der Waals surface area contributed by atoms with Gasteiger partial charge < -0.3 is 20.3 Å². The zero-order chi connectivity index (χ0) is 14.3. The van der Waals surface area contributed by atoms with E-state index >= 15 is 0 Å². The van der Waals surface area contributed by atoms with Crippen LogP contribution in [-0.4, -0.2) is 51.4 Å². The average molecular weight is 318 g/mol. The Morgan fingerprint density at radius 1 is 1.40 bits per heavy atom. The van der Waals surface area contributed by atoms with Crippen LogP contribution in [0.2, 0.25) is 0 Å². The monoisotopic (exact) mass is 317 g/mol. The summed E-state index contributed by atoms with van der Waals surface area (Å²) in [6, 6.07) is 1.68. The molecule has 2 heterocycles. The molecule has 20 heavy (non-hydrogen) atoms. The van der Waals surface area contributed by atoms with Gasteiger partial charge in [-0.1, -0.05) is 23.2 Å². The van der Waals surface area contributed by atoms with Gasteiger partial charge in [0.1, 0.15) is 16.1 Å². The smallest absolute Gasteiger partial charge is 0.270 e. The molecule has 1 atom stereocenters. The average Bonchev–Trinajstić information content (AvgIpc) is 2.88. The molecule has 110 valence electrons. The standard InChI is InChI=1S/C13H17Cl2N3O2/c14-13(15)2-1-9-8(11(13)19)7-10(17-9)12(20)18-5-3-16-4-6-18/h7,11,16-17,19H,1-6H2. The van der Waals surface area contributed by atoms with E-state index in [1.165, 1.54) is 0 Å². The maximum absolute atomic E-state index is 12.4. The number of hydrogen-bond acceptors (Lipinski definition) is 3. The van der Waals surface area contributed by atoms with Crippen LogP contribution in [0.3, 0.4) is 0 Å². The summed E-state index contributed by atoms with van der Waals surface area (Å²) in [4.78, 5) is 17.3. The highest BCUT2D eigenvalue weighted by atomic mass is 35.5. The number of alkyl halides is 2. The van der Waals surface area contributed by atoms with Gasteiger partial charge in [0, 0.05) is 37.4 Å². The number of aromatic nitrogens is 1. The Morgan fingerprint density at radius 3 is 2.80 bits per heavy atom. The van der Waals surface area contributed by atoms with Crippen molar-refractivity contribution in [2.24, 2.45) is 0 Å². The van der Waals surface area contributed by atoms with E-state index in [0.717, 1.165) is 18.8 Å². The Morgan fingerprint density at radius 2 is 2.10 bits per heavy atom. The first-order valence-corrected chi connectivity index (χ1v) is 7.52. The van der Waals surface area contributed by atoms with E-state index in [2.05, 4.69) is 10.3 Å². The zero-order valence-electron chi connectivity index (χ0n) is 11.0. The highest BCUT2D eigenvalue weighted by Gasteiger charge is 2.40. The Hall–Kier alpha value is -0.750. The molecule has 5 nitrogen and oxygen atoms in total. The van der Waals surface area contributed by atoms with Crippen molar-refractivity contribution in [3.8, 4) is 0 Å². The Bertz CT molecular complexity index is 524.